The molecule has 8 heteroatoms. The Morgan fingerprint density at radius 2 is 1.96 bits per heavy atom. The molecule has 1 N–H and O–H groups in total. The maximum atomic E-state index is 12.2. The second kappa shape index (κ2) is 8.24. The first-order valence-electron chi connectivity index (χ1n) is 7.78. The van der Waals surface area contributed by atoms with E-state index in [2.05, 4.69) is 31.4 Å². The third-order valence-corrected chi connectivity index (χ3v) is 5.68. The van der Waals surface area contributed by atoms with Crippen molar-refractivity contribution in [3.63, 3.8) is 0 Å². The molecule has 1 heterocycles. The summed E-state index contributed by atoms with van der Waals surface area (Å²) in [5.74, 6) is 0.867. The molecule has 0 radical (unpaired) electrons. The van der Waals surface area contributed by atoms with Crippen molar-refractivity contribution in [2.75, 3.05) is 11.1 Å². The van der Waals surface area contributed by atoms with Crippen LogP contribution in [0.4, 0.5) is 5.69 Å². The Bertz CT molecular complexity index is 943. The summed E-state index contributed by atoms with van der Waals surface area (Å²) >= 11 is 10.8. The molecule has 1 aromatic heterocycles. The molecule has 0 atom stereocenters. The van der Waals surface area contributed by atoms with Crippen LogP contribution in [0.15, 0.2) is 52.1 Å². The molecular formula is C18H16BrClN4OS. The molecule has 0 aliphatic heterocycles. The van der Waals surface area contributed by atoms with E-state index in [1.807, 2.05) is 54.9 Å². The number of benzene rings is 2. The summed E-state index contributed by atoms with van der Waals surface area (Å²) in [5, 5.41) is 12.6. The molecule has 26 heavy (non-hydrogen) atoms. The maximum absolute atomic E-state index is 12.2. The first-order valence-corrected chi connectivity index (χ1v) is 9.94. The summed E-state index contributed by atoms with van der Waals surface area (Å²) in [6.45, 7) is 1.92. The topological polar surface area (TPSA) is 59.8 Å². The van der Waals surface area contributed by atoms with Crippen LogP contribution in [-0.2, 0) is 11.8 Å². The number of halogens is 2. The van der Waals surface area contributed by atoms with Gasteiger partial charge in [0.15, 0.2) is 11.0 Å². The molecule has 0 aliphatic rings. The Labute approximate surface area is 169 Å². The van der Waals surface area contributed by atoms with Crippen molar-refractivity contribution in [2.45, 2.75) is 12.1 Å². The van der Waals surface area contributed by atoms with Gasteiger partial charge in [0.25, 0.3) is 0 Å². The van der Waals surface area contributed by atoms with E-state index in [4.69, 9.17) is 11.6 Å². The van der Waals surface area contributed by atoms with Crippen molar-refractivity contribution in [1.82, 2.24) is 14.8 Å². The van der Waals surface area contributed by atoms with Gasteiger partial charge in [0.1, 0.15) is 0 Å². The predicted octanol–water partition coefficient (Wildman–Crippen LogP) is 4.94. The molecule has 5 nitrogen and oxygen atoms in total. The van der Waals surface area contributed by atoms with E-state index in [0.717, 1.165) is 21.4 Å². The van der Waals surface area contributed by atoms with Crippen LogP contribution in [0.1, 0.15) is 5.56 Å². The zero-order valence-corrected chi connectivity index (χ0v) is 17.3. The van der Waals surface area contributed by atoms with Gasteiger partial charge < -0.3 is 9.88 Å². The number of anilines is 1. The van der Waals surface area contributed by atoms with E-state index in [-0.39, 0.29) is 11.7 Å². The number of nitrogens with one attached hydrogen (secondary N) is 1. The molecule has 2 aromatic carbocycles. The summed E-state index contributed by atoms with van der Waals surface area (Å²) < 4.78 is 2.88. The molecule has 0 spiro atoms. The van der Waals surface area contributed by atoms with E-state index >= 15 is 0 Å². The van der Waals surface area contributed by atoms with Crippen molar-refractivity contribution >= 4 is 50.9 Å². The third-order valence-electron chi connectivity index (χ3n) is 3.73. The number of aryl methyl sites for hydroxylation is 1. The van der Waals surface area contributed by atoms with Gasteiger partial charge in [-0.25, -0.2) is 0 Å². The van der Waals surface area contributed by atoms with Gasteiger partial charge in [0.2, 0.25) is 5.91 Å². The van der Waals surface area contributed by atoms with Gasteiger partial charge in [0.05, 0.1) is 5.75 Å². The lowest BCUT2D eigenvalue weighted by atomic mass is 10.2. The molecule has 0 fully saturated rings. The molecule has 134 valence electrons. The summed E-state index contributed by atoms with van der Waals surface area (Å²) in [6.07, 6.45) is 0. The number of thioether (sulfide) groups is 1. The minimum absolute atomic E-state index is 0.122. The van der Waals surface area contributed by atoms with Crippen LogP contribution < -0.4 is 5.32 Å². The number of nitrogens with zero attached hydrogens (tertiary/aromatic N) is 3. The largest absolute Gasteiger partial charge is 0.325 e. The molecule has 0 saturated heterocycles. The average molecular weight is 452 g/mol. The lowest BCUT2D eigenvalue weighted by Gasteiger charge is -2.07. The van der Waals surface area contributed by atoms with Gasteiger partial charge in [-0.15, -0.1) is 10.2 Å². The number of aromatic nitrogens is 3. The van der Waals surface area contributed by atoms with Crippen molar-refractivity contribution < 1.29 is 4.79 Å². The molecule has 3 aromatic rings. The van der Waals surface area contributed by atoms with Gasteiger partial charge in [0, 0.05) is 27.8 Å². The zero-order valence-electron chi connectivity index (χ0n) is 14.2. The Morgan fingerprint density at radius 3 is 2.65 bits per heavy atom. The fraction of sp³-hybridized carbons (Fsp3) is 0.167. The highest BCUT2D eigenvalue weighted by atomic mass is 79.9. The van der Waals surface area contributed by atoms with Crippen LogP contribution in [-0.4, -0.2) is 26.4 Å². The monoisotopic (exact) mass is 450 g/mol. The average Bonchev–Trinajstić information content (AvgIpc) is 2.98. The standard InChI is InChI=1S/C18H16BrClN4OS/c1-11-3-8-14(9-15(11)20)21-16(25)10-26-18-23-22-17(24(18)2)12-4-6-13(19)7-5-12/h3-9H,10H2,1-2H3,(H,21,25). The highest BCUT2D eigenvalue weighted by Crippen LogP contribution is 2.24. The number of carbonyl (C=O) groups is 1. The van der Waals surface area contributed by atoms with Crippen molar-refractivity contribution in [1.29, 1.82) is 0 Å². The van der Waals surface area contributed by atoms with E-state index in [9.17, 15) is 4.79 Å². The second-order valence-corrected chi connectivity index (χ2v) is 7.94. The maximum Gasteiger partial charge on any atom is 0.234 e. The molecule has 1 amide bonds. The Kier molecular flexibility index (Phi) is 6.01. The number of carbonyl (C=O) groups excluding carboxylic acids is 1. The first-order chi connectivity index (χ1) is 12.4. The number of hydrogen-bond donors (Lipinski definition) is 1. The number of hydrogen-bond acceptors (Lipinski definition) is 4. The minimum atomic E-state index is -0.122. The van der Waals surface area contributed by atoms with Crippen molar-refractivity contribution in [2.24, 2.45) is 7.05 Å². The Hall–Kier alpha value is -1.83. The van der Waals surface area contributed by atoms with Crippen LogP contribution in [0, 0.1) is 6.92 Å². The second-order valence-electron chi connectivity index (χ2n) is 5.67. The zero-order chi connectivity index (χ0) is 18.7. The van der Waals surface area contributed by atoms with Gasteiger partial charge in [-0.3, -0.25) is 4.79 Å². The van der Waals surface area contributed by atoms with Crippen LogP contribution in [0.5, 0.6) is 0 Å². The lowest BCUT2D eigenvalue weighted by Crippen LogP contribution is -2.14. The van der Waals surface area contributed by atoms with E-state index in [1.54, 1.807) is 6.07 Å². The van der Waals surface area contributed by atoms with Crippen molar-refractivity contribution in [3.8, 4) is 11.4 Å². The number of rotatable bonds is 5. The normalized spacial score (nSPS) is 10.8. The Morgan fingerprint density at radius 1 is 1.23 bits per heavy atom. The smallest absolute Gasteiger partial charge is 0.234 e. The van der Waals surface area contributed by atoms with E-state index in [0.29, 0.717) is 15.9 Å². The van der Waals surface area contributed by atoms with Crippen LogP contribution >= 0.6 is 39.3 Å². The fourth-order valence-corrected chi connectivity index (χ4v) is 3.44. The van der Waals surface area contributed by atoms with E-state index in [1.165, 1.54) is 11.8 Å². The van der Waals surface area contributed by atoms with Crippen LogP contribution in [0.25, 0.3) is 11.4 Å². The quantitative estimate of drug-likeness (QED) is 0.558. The lowest BCUT2D eigenvalue weighted by molar-refractivity contribution is -0.113. The highest BCUT2D eigenvalue weighted by molar-refractivity contribution is 9.10. The SMILES string of the molecule is Cc1ccc(NC(=O)CSc2nnc(-c3ccc(Br)cc3)n2C)cc1Cl. The van der Waals surface area contributed by atoms with Gasteiger partial charge in [-0.05, 0) is 36.8 Å². The van der Waals surface area contributed by atoms with E-state index < -0.39 is 0 Å². The molecular weight excluding hydrogens is 436 g/mol. The summed E-state index contributed by atoms with van der Waals surface area (Å²) in [6, 6.07) is 13.3. The highest BCUT2D eigenvalue weighted by Gasteiger charge is 2.13. The van der Waals surface area contributed by atoms with Gasteiger partial charge >= 0.3 is 0 Å². The van der Waals surface area contributed by atoms with Crippen molar-refractivity contribution in [3.05, 3.63) is 57.5 Å². The van der Waals surface area contributed by atoms with Gasteiger partial charge in [-0.2, -0.15) is 0 Å². The summed E-state index contributed by atoms with van der Waals surface area (Å²) in [7, 11) is 1.89. The minimum Gasteiger partial charge on any atom is -0.325 e. The fourth-order valence-electron chi connectivity index (χ4n) is 2.29. The van der Waals surface area contributed by atoms with Crippen LogP contribution in [0.2, 0.25) is 5.02 Å². The first kappa shape index (κ1) is 18.9. The summed E-state index contributed by atoms with van der Waals surface area (Å²) in [4.78, 5) is 12.2. The molecule has 0 bridgehead atoms. The molecule has 3 rings (SSSR count). The van der Waals surface area contributed by atoms with Crippen LogP contribution in [0.3, 0.4) is 0 Å². The molecule has 0 aliphatic carbocycles. The molecule has 0 saturated carbocycles. The third kappa shape index (κ3) is 4.47. The predicted molar refractivity (Wildman–Crippen MR) is 110 cm³/mol. The number of amides is 1. The molecule has 0 unspecified atom stereocenters. The van der Waals surface area contributed by atoms with Gasteiger partial charge in [-0.1, -0.05) is 57.5 Å². The Balaban J connectivity index is 1.63. The summed E-state index contributed by atoms with van der Waals surface area (Å²) in [5.41, 5.74) is 2.62.